The number of amides is 1. The Labute approximate surface area is 137 Å². The fourth-order valence-corrected chi connectivity index (χ4v) is 2.40. The molecule has 0 aliphatic heterocycles. The molecule has 1 amide bonds. The third kappa shape index (κ3) is 3.36. The number of carbonyl (C=O) groups excluding carboxylic acids is 1. The van der Waals surface area contributed by atoms with Crippen LogP contribution in [0.3, 0.4) is 0 Å². The van der Waals surface area contributed by atoms with Crippen LogP contribution in [0.15, 0.2) is 53.1 Å². The van der Waals surface area contributed by atoms with Crippen molar-refractivity contribution in [1.82, 2.24) is 10.3 Å². The fourth-order valence-electron chi connectivity index (χ4n) is 2.23. The topological polar surface area (TPSA) is 75.4 Å². The number of furan rings is 1. The molecule has 2 N–H and O–H groups in total. The van der Waals surface area contributed by atoms with Crippen molar-refractivity contribution >= 4 is 28.4 Å². The van der Waals surface area contributed by atoms with E-state index in [0.29, 0.717) is 16.3 Å². The number of aromatic nitrogens is 1. The lowest BCUT2D eigenvalue weighted by Gasteiger charge is -2.21. The number of hydrogen-bond donors (Lipinski definition) is 2. The molecule has 5 nitrogen and oxygen atoms in total. The van der Waals surface area contributed by atoms with E-state index in [1.165, 1.54) is 6.26 Å². The predicted molar refractivity (Wildman–Crippen MR) is 87.4 cm³/mol. The highest BCUT2D eigenvalue weighted by Crippen LogP contribution is 2.20. The summed E-state index contributed by atoms with van der Waals surface area (Å²) in [5.41, 5.74) is -0.391. The molecule has 1 aromatic carbocycles. The predicted octanol–water partition coefficient (Wildman–Crippen LogP) is 3.12. The molecule has 118 valence electrons. The van der Waals surface area contributed by atoms with Crippen molar-refractivity contribution in [2.75, 3.05) is 6.54 Å². The minimum Gasteiger partial charge on any atom is -0.466 e. The van der Waals surface area contributed by atoms with E-state index in [-0.39, 0.29) is 18.1 Å². The molecule has 1 unspecified atom stereocenters. The summed E-state index contributed by atoms with van der Waals surface area (Å²) in [5, 5.41) is 14.5. The van der Waals surface area contributed by atoms with E-state index in [2.05, 4.69) is 10.3 Å². The molecule has 0 saturated heterocycles. The van der Waals surface area contributed by atoms with Gasteiger partial charge in [0.05, 0.1) is 18.3 Å². The van der Waals surface area contributed by atoms with E-state index >= 15 is 0 Å². The largest absolute Gasteiger partial charge is 0.466 e. The molecule has 0 spiro atoms. The molecule has 0 saturated carbocycles. The third-order valence-corrected chi connectivity index (χ3v) is 3.77. The van der Waals surface area contributed by atoms with E-state index in [9.17, 15) is 9.90 Å². The minimum absolute atomic E-state index is 0.00854. The first-order chi connectivity index (χ1) is 11.0. The van der Waals surface area contributed by atoms with Crippen LogP contribution in [-0.4, -0.2) is 22.5 Å². The summed E-state index contributed by atoms with van der Waals surface area (Å²) < 4.78 is 5.18. The van der Waals surface area contributed by atoms with Gasteiger partial charge in [-0.05, 0) is 37.3 Å². The lowest BCUT2D eigenvalue weighted by atomic mass is 10.0. The van der Waals surface area contributed by atoms with Crippen molar-refractivity contribution in [3.63, 3.8) is 0 Å². The molecule has 1 atom stereocenters. The quantitative estimate of drug-likeness (QED) is 0.770. The maximum Gasteiger partial charge on any atom is 0.270 e. The lowest BCUT2D eigenvalue weighted by Crippen LogP contribution is -2.38. The number of fused-ring (bicyclic) bond motifs is 1. The molecular formula is C17H15ClN2O3. The van der Waals surface area contributed by atoms with E-state index < -0.39 is 5.60 Å². The lowest BCUT2D eigenvalue weighted by molar-refractivity contribution is 0.0329. The Morgan fingerprint density at radius 1 is 1.35 bits per heavy atom. The van der Waals surface area contributed by atoms with Gasteiger partial charge in [-0.1, -0.05) is 23.7 Å². The second kappa shape index (κ2) is 6.02. The second-order valence-corrected chi connectivity index (χ2v) is 5.90. The van der Waals surface area contributed by atoms with Crippen LogP contribution in [0.5, 0.6) is 0 Å². The summed E-state index contributed by atoms with van der Waals surface area (Å²) in [5.74, 6) is 0.00904. The first-order valence-corrected chi connectivity index (χ1v) is 7.44. The van der Waals surface area contributed by atoms with Gasteiger partial charge in [-0.15, -0.1) is 0 Å². The van der Waals surface area contributed by atoms with Gasteiger partial charge in [0.25, 0.3) is 5.91 Å². The SMILES string of the molecule is CC(O)(CNC(=O)c1ccc2ccc(Cl)cc2n1)c1ccco1. The molecule has 0 radical (unpaired) electrons. The maximum absolute atomic E-state index is 12.2. The normalized spacial score (nSPS) is 13.7. The van der Waals surface area contributed by atoms with Gasteiger partial charge in [0.2, 0.25) is 0 Å². The summed E-state index contributed by atoms with van der Waals surface area (Å²) in [6, 6.07) is 12.1. The van der Waals surface area contributed by atoms with Crippen molar-refractivity contribution in [3.8, 4) is 0 Å². The molecule has 2 aromatic heterocycles. The third-order valence-electron chi connectivity index (χ3n) is 3.53. The van der Waals surface area contributed by atoms with Gasteiger partial charge < -0.3 is 14.8 Å². The van der Waals surface area contributed by atoms with Gasteiger partial charge in [0.15, 0.2) is 0 Å². The molecule has 6 heteroatoms. The van der Waals surface area contributed by atoms with E-state index in [1.807, 2.05) is 6.07 Å². The number of benzene rings is 1. The zero-order valence-electron chi connectivity index (χ0n) is 12.4. The van der Waals surface area contributed by atoms with Crippen LogP contribution >= 0.6 is 11.6 Å². The zero-order valence-corrected chi connectivity index (χ0v) is 13.2. The van der Waals surface area contributed by atoms with Gasteiger partial charge in [-0.25, -0.2) is 4.98 Å². The Morgan fingerprint density at radius 2 is 2.13 bits per heavy atom. The highest BCUT2D eigenvalue weighted by atomic mass is 35.5. The fraction of sp³-hybridized carbons (Fsp3) is 0.176. The molecule has 0 bridgehead atoms. The Hall–Kier alpha value is -2.37. The second-order valence-electron chi connectivity index (χ2n) is 5.47. The molecule has 0 fully saturated rings. The molecule has 0 aliphatic rings. The summed E-state index contributed by atoms with van der Waals surface area (Å²) >= 11 is 5.94. The van der Waals surface area contributed by atoms with Crippen LogP contribution in [0, 0.1) is 0 Å². The summed E-state index contributed by atoms with van der Waals surface area (Å²) in [6.07, 6.45) is 1.47. The summed E-state index contributed by atoms with van der Waals surface area (Å²) in [6.45, 7) is 1.58. The Balaban J connectivity index is 1.76. The smallest absolute Gasteiger partial charge is 0.270 e. The monoisotopic (exact) mass is 330 g/mol. The number of pyridine rings is 1. The first-order valence-electron chi connectivity index (χ1n) is 7.06. The average molecular weight is 331 g/mol. The minimum atomic E-state index is -1.29. The van der Waals surface area contributed by atoms with Crippen molar-refractivity contribution in [1.29, 1.82) is 0 Å². The Morgan fingerprint density at radius 3 is 2.87 bits per heavy atom. The summed E-state index contributed by atoms with van der Waals surface area (Å²) in [4.78, 5) is 16.5. The van der Waals surface area contributed by atoms with Crippen molar-refractivity contribution in [2.24, 2.45) is 0 Å². The van der Waals surface area contributed by atoms with Crippen LogP contribution < -0.4 is 5.32 Å². The van der Waals surface area contributed by atoms with Crippen LogP contribution in [0.2, 0.25) is 5.02 Å². The Kier molecular flexibility index (Phi) is 4.07. The van der Waals surface area contributed by atoms with Crippen molar-refractivity contribution in [3.05, 3.63) is 65.2 Å². The average Bonchev–Trinajstić information content (AvgIpc) is 3.07. The van der Waals surface area contributed by atoms with Crippen LogP contribution in [0.4, 0.5) is 0 Å². The van der Waals surface area contributed by atoms with Gasteiger partial charge in [-0.3, -0.25) is 4.79 Å². The van der Waals surface area contributed by atoms with Crippen LogP contribution in [0.1, 0.15) is 23.2 Å². The van der Waals surface area contributed by atoms with E-state index in [4.69, 9.17) is 16.0 Å². The maximum atomic E-state index is 12.2. The number of carbonyl (C=O) groups is 1. The van der Waals surface area contributed by atoms with Gasteiger partial charge >= 0.3 is 0 Å². The van der Waals surface area contributed by atoms with Crippen LogP contribution in [0.25, 0.3) is 10.9 Å². The molecule has 3 aromatic rings. The van der Waals surface area contributed by atoms with E-state index in [0.717, 1.165) is 5.39 Å². The number of nitrogens with zero attached hydrogens (tertiary/aromatic N) is 1. The highest BCUT2D eigenvalue weighted by molar-refractivity contribution is 6.31. The zero-order chi connectivity index (χ0) is 16.4. The van der Waals surface area contributed by atoms with E-state index in [1.54, 1.807) is 43.3 Å². The number of halogens is 1. The van der Waals surface area contributed by atoms with Crippen LogP contribution in [-0.2, 0) is 5.60 Å². The van der Waals surface area contributed by atoms with Gasteiger partial charge in [-0.2, -0.15) is 0 Å². The number of hydrogen-bond acceptors (Lipinski definition) is 4. The number of aliphatic hydroxyl groups is 1. The standard InChI is InChI=1S/C17H15ClN2O3/c1-17(22,15-3-2-8-23-15)10-19-16(21)13-7-5-11-4-6-12(18)9-14(11)20-13/h2-9,22H,10H2,1H3,(H,19,21). The Bertz CT molecular complexity index is 844. The molecule has 2 heterocycles. The number of rotatable bonds is 4. The van der Waals surface area contributed by atoms with Gasteiger partial charge in [0, 0.05) is 10.4 Å². The first kappa shape index (κ1) is 15.5. The molecular weight excluding hydrogens is 316 g/mol. The summed E-state index contributed by atoms with van der Waals surface area (Å²) in [7, 11) is 0. The number of nitrogens with one attached hydrogen (secondary N) is 1. The molecule has 23 heavy (non-hydrogen) atoms. The van der Waals surface area contributed by atoms with Crippen molar-refractivity contribution in [2.45, 2.75) is 12.5 Å². The molecule has 0 aliphatic carbocycles. The molecule has 3 rings (SSSR count). The van der Waals surface area contributed by atoms with Crippen molar-refractivity contribution < 1.29 is 14.3 Å². The van der Waals surface area contributed by atoms with Gasteiger partial charge in [0.1, 0.15) is 17.1 Å². The highest BCUT2D eigenvalue weighted by Gasteiger charge is 2.27.